The SMILES string of the molecule is CC(C)c1ccc(N2c3ccccc3C(F)(F)S2(=O)=O)cc1F. The molecule has 1 heterocycles. The predicted molar refractivity (Wildman–Crippen MR) is 81.9 cm³/mol. The Morgan fingerprint density at radius 2 is 1.74 bits per heavy atom. The van der Waals surface area contributed by atoms with Gasteiger partial charge in [0, 0.05) is 0 Å². The molecule has 1 aliphatic rings. The van der Waals surface area contributed by atoms with Crippen LogP contribution in [0.2, 0.25) is 0 Å². The van der Waals surface area contributed by atoms with Gasteiger partial charge in [0.2, 0.25) is 0 Å². The Kier molecular flexibility index (Phi) is 3.44. The summed E-state index contributed by atoms with van der Waals surface area (Å²) < 4.78 is 67.7. The molecule has 0 spiro atoms. The monoisotopic (exact) mass is 341 g/mol. The van der Waals surface area contributed by atoms with E-state index in [4.69, 9.17) is 0 Å². The Balaban J connectivity index is 2.22. The minimum absolute atomic E-state index is 0.104. The van der Waals surface area contributed by atoms with E-state index in [9.17, 15) is 21.6 Å². The second kappa shape index (κ2) is 4.99. The van der Waals surface area contributed by atoms with Gasteiger partial charge in [0.25, 0.3) is 0 Å². The van der Waals surface area contributed by atoms with E-state index in [-0.39, 0.29) is 17.3 Å². The topological polar surface area (TPSA) is 37.4 Å². The fourth-order valence-electron chi connectivity index (χ4n) is 2.67. The number of nitrogens with zero attached hydrogens (tertiary/aromatic N) is 1. The highest BCUT2D eigenvalue weighted by atomic mass is 32.2. The van der Waals surface area contributed by atoms with Crippen LogP contribution in [0.3, 0.4) is 0 Å². The van der Waals surface area contributed by atoms with Crippen LogP contribution in [-0.2, 0) is 15.3 Å². The zero-order chi connectivity index (χ0) is 17.0. The van der Waals surface area contributed by atoms with Gasteiger partial charge in [-0.05, 0) is 35.7 Å². The molecule has 7 heteroatoms. The van der Waals surface area contributed by atoms with Gasteiger partial charge in [0.05, 0.1) is 16.9 Å². The molecule has 3 rings (SSSR count). The molecule has 1 aliphatic heterocycles. The number of sulfonamides is 1. The minimum Gasteiger partial charge on any atom is -0.232 e. The van der Waals surface area contributed by atoms with Gasteiger partial charge in [0.1, 0.15) is 5.82 Å². The molecule has 0 amide bonds. The van der Waals surface area contributed by atoms with E-state index in [2.05, 4.69) is 0 Å². The molecule has 0 atom stereocenters. The van der Waals surface area contributed by atoms with Gasteiger partial charge in [-0.2, -0.15) is 17.2 Å². The molecule has 0 saturated carbocycles. The van der Waals surface area contributed by atoms with Crippen molar-refractivity contribution >= 4 is 21.4 Å². The maximum atomic E-state index is 14.2. The Morgan fingerprint density at radius 3 is 2.35 bits per heavy atom. The van der Waals surface area contributed by atoms with E-state index in [0.29, 0.717) is 9.87 Å². The summed E-state index contributed by atoms with van der Waals surface area (Å²) in [5.41, 5.74) is -0.510. The van der Waals surface area contributed by atoms with Gasteiger partial charge < -0.3 is 0 Å². The van der Waals surface area contributed by atoms with Crippen molar-refractivity contribution in [2.24, 2.45) is 0 Å². The number of anilines is 2. The van der Waals surface area contributed by atoms with Gasteiger partial charge in [0.15, 0.2) is 0 Å². The number of alkyl halides is 2. The van der Waals surface area contributed by atoms with Crippen molar-refractivity contribution in [2.75, 3.05) is 4.31 Å². The molecule has 0 radical (unpaired) electrons. The summed E-state index contributed by atoms with van der Waals surface area (Å²) in [5, 5.41) is -4.04. The van der Waals surface area contributed by atoms with Crippen molar-refractivity contribution in [1.29, 1.82) is 0 Å². The van der Waals surface area contributed by atoms with Crippen LogP contribution in [0.25, 0.3) is 0 Å². The van der Waals surface area contributed by atoms with Crippen molar-refractivity contribution in [2.45, 2.75) is 25.0 Å². The Bertz CT molecular complexity index is 879. The largest absolute Gasteiger partial charge is 0.391 e. The van der Waals surface area contributed by atoms with Crippen LogP contribution in [0.4, 0.5) is 24.5 Å². The summed E-state index contributed by atoms with van der Waals surface area (Å²) in [5.74, 6) is -0.728. The molecule has 0 bridgehead atoms. The Morgan fingerprint density at radius 1 is 1.09 bits per heavy atom. The fraction of sp³-hybridized carbons (Fsp3) is 0.250. The molecular weight excluding hydrogens is 327 g/mol. The van der Waals surface area contributed by atoms with Crippen molar-refractivity contribution in [3.05, 3.63) is 59.4 Å². The van der Waals surface area contributed by atoms with E-state index in [1.807, 2.05) is 0 Å². The number of rotatable bonds is 2. The fourth-order valence-corrected chi connectivity index (χ4v) is 4.16. The lowest BCUT2D eigenvalue weighted by Gasteiger charge is -2.20. The van der Waals surface area contributed by atoms with Crippen molar-refractivity contribution < 1.29 is 21.6 Å². The summed E-state index contributed by atoms with van der Waals surface area (Å²) in [6.07, 6.45) is 0. The average Bonchev–Trinajstić information content (AvgIpc) is 2.62. The maximum Gasteiger partial charge on any atom is 0.391 e. The summed E-state index contributed by atoms with van der Waals surface area (Å²) >= 11 is 0. The molecule has 0 fully saturated rings. The third kappa shape index (κ3) is 2.14. The van der Waals surface area contributed by atoms with Crippen LogP contribution in [0, 0.1) is 5.82 Å². The molecule has 2 aromatic rings. The van der Waals surface area contributed by atoms with E-state index in [1.54, 1.807) is 13.8 Å². The first-order valence-electron chi connectivity index (χ1n) is 6.99. The first kappa shape index (κ1) is 15.9. The van der Waals surface area contributed by atoms with Gasteiger partial charge in [-0.25, -0.2) is 8.70 Å². The van der Waals surface area contributed by atoms with Crippen LogP contribution in [0.1, 0.15) is 30.9 Å². The van der Waals surface area contributed by atoms with Gasteiger partial charge in [-0.3, -0.25) is 0 Å². The highest BCUT2D eigenvalue weighted by Crippen LogP contribution is 2.52. The van der Waals surface area contributed by atoms with Crippen molar-refractivity contribution in [1.82, 2.24) is 0 Å². The highest BCUT2D eigenvalue weighted by molar-refractivity contribution is 7.94. The molecule has 0 saturated heterocycles. The first-order valence-corrected chi connectivity index (χ1v) is 8.43. The van der Waals surface area contributed by atoms with Gasteiger partial charge in [-0.1, -0.05) is 32.0 Å². The molecule has 0 N–H and O–H groups in total. The van der Waals surface area contributed by atoms with E-state index in [1.165, 1.54) is 30.3 Å². The molecule has 0 aliphatic carbocycles. The number of para-hydroxylation sites is 1. The standard InChI is InChI=1S/C16H14F3NO2S/c1-10(2)12-8-7-11(9-14(12)17)20-15-6-4-3-5-13(15)16(18,19)23(20,21)22/h3-10H,1-2H3. The molecular formula is C16H14F3NO2S. The van der Waals surface area contributed by atoms with E-state index >= 15 is 0 Å². The zero-order valence-corrected chi connectivity index (χ0v) is 13.2. The Hall–Kier alpha value is -2.02. The van der Waals surface area contributed by atoms with Crippen molar-refractivity contribution in [3.63, 3.8) is 0 Å². The molecule has 23 heavy (non-hydrogen) atoms. The lowest BCUT2D eigenvalue weighted by molar-refractivity contribution is 0.0952. The zero-order valence-electron chi connectivity index (χ0n) is 12.4. The number of benzene rings is 2. The molecule has 2 aromatic carbocycles. The van der Waals surface area contributed by atoms with E-state index < -0.39 is 26.7 Å². The maximum absolute atomic E-state index is 14.2. The number of fused-ring (bicyclic) bond motifs is 1. The second-order valence-corrected chi connectivity index (χ2v) is 7.49. The lowest BCUT2D eigenvalue weighted by Crippen LogP contribution is -2.31. The molecule has 0 unspecified atom stereocenters. The van der Waals surface area contributed by atoms with E-state index in [0.717, 1.165) is 12.1 Å². The summed E-state index contributed by atoms with van der Waals surface area (Å²) in [6, 6.07) is 8.88. The lowest BCUT2D eigenvalue weighted by atomic mass is 10.0. The summed E-state index contributed by atoms with van der Waals surface area (Å²) in [4.78, 5) is 0. The summed E-state index contributed by atoms with van der Waals surface area (Å²) in [6.45, 7) is 3.57. The minimum atomic E-state index is -4.99. The van der Waals surface area contributed by atoms with Crippen LogP contribution < -0.4 is 4.31 Å². The predicted octanol–water partition coefficient (Wildman–Crippen LogP) is 4.48. The highest BCUT2D eigenvalue weighted by Gasteiger charge is 2.58. The second-order valence-electron chi connectivity index (χ2n) is 5.66. The molecule has 0 aromatic heterocycles. The van der Waals surface area contributed by atoms with Crippen LogP contribution in [0.15, 0.2) is 42.5 Å². The Labute approximate surface area is 132 Å². The third-order valence-corrected chi connectivity index (χ3v) is 5.60. The smallest absolute Gasteiger partial charge is 0.232 e. The normalized spacial score (nSPS) is 18.3. The molecule has 122 valence electrons. The van der Waals surface area contributed by atoms with Crippen LogP contribution in [0.5, 0.6) is 0 Å². The van der Waals surface area contributed by atoms with Gasteiger partial charge >= 0.3 is 15.3 Å². The number of hydrogen-bond acceptors (Lipinski definition) is 2. The number of halogens is 3. The average molecular weight is 341 g/mol. The van der Waals surface area contributed by atoms with Crippen molar-refractivity contribution in [3.8, 4) is 0 Å². The van der Waals surface area contributed by atoms with Gasteiger partial charge in [-0.15, -0.1) is 0 Å². The molecule has 3 nitrogen and oxygen atoms in total. The number of hydrogen-bond donors (Lipinski definition) is 0. The quantitative estimate of drug-likeness (QED) is 0.808. The third-order valence-electron chi connectivity index (χ3n) is 3.84. The first-order chi connectivity index (χ1) is 10.7. The summed E-state index contributed by atoms with van der Waals surface area (Å²) in [7, 11) is -4.99. The van der Waals surface area contributed by atoms with Crippen LogP contribution >= 0.6 is 0 Å². The van der Waals surface area contributed by atoms with Crippen LogP contribution in [-0.4, -0.2) is 8.42 Å².